The van der Waals surface area contributed by atoms with Crippen LogP contribution in [0.4, 0.5) is 11.4 Å². The second-order valence-corrected chi connectivity index (χ2v) is 10.2. The summed E-state index contributed by atoms with van der Waals surface area (Å²) in [5.41, 5.74) is 1.36. The quantitative estimate of drug-likeness (QED) is 0.672. The van der Waals surface area contributed by atoms with E-state index in [0.29, 0.717) is 43.2 Å². The molecule has 162 valence electrons. The van der Waals surface area contributed by atoms with Gasteiger partial charge in [-0.25, -0.2) is 8.42 Å². The maximum absolute atomic E-state index is 13.4. The van der Waals surface area contributed by atoms with Crippen LogP contribution < -0.4 is 9.21 Å². The molecular weight excluding hydrogens is 424 g/mol. The van der Waals surface area contributed by atoms with Gasteiger partial charge in [-0.1, -0.05) is 37.6 Å². The molecule has 0 aliphatic carbocycles. The molecule has 0 radical (unpaired) electrons. The van der Waals surface area contributed by atoms with Gasteiger partial charge in [0.05, 0.1) is 21.5 Å². The van der Waals surface area contributed by atoms with Gasteiger partial charge in [0.25, 0.3) is 10.0 Å². The third kappa shape index (κ3) is 4.90. The summed E-state index contributed by atoms with van der Waals surface area (Å²) >= 11 is 6.30. The monoisotopic (exact) mass is 450 g/mol. The summed E-state index contributed by atoms with van der Waals surface area (Å²) in [4.78, 5) is 13.4. The average molecular weight is 451 g/mol. The summed E-state index contributed by atoms with van der Waals surface area (Å²) in [5, 5.41) is 9.54. The van der Waals surface area contributed by atoms with Crippen LogP contribution in [0.3, 0.4) is 0 Å². The predicted molar refractivity (Wildman–Crippen MR) is 120 cm³/mol. The predicted octanol–water partition coefficient (Wildman–Crippen LogP) is 4.49. The van der Waals surface area contributed by atoms with Crippen LogP contribution >= 0.6 is 11.6 Å². The van der Waals surface area contributed by atoms with Crippen LogP contribution in [0.5, 0.6) is 0 Å². The van der Waals surface area contributed by atoms with Gasteiger partial charge < -0.3 is 10.0 Å². The van der Waals surface area contributed by atoms with E-state index < -0.39 is 16.0 Å². The molecule has 0 spiro atoms. The number of para-hydroxylation sites is 1. The van der Waals surface area contributed by atoms with Gasteiger partial charge in [0.1, 0.15) is 0 Å². The van der Waals surface area contributed by atoms with E-state index in [9.17, 15) is 13.2 Å². The van der Waals surface area contributed by atoms with Gasteiger partial charge in [-0.15, -0.1) is 0 Å². The molecule has 2 aromatic rings. The highest BCUT2D eigenvalue weighted by Crippen LogP contribution is 2.32. The first-order chi connectivity index (χ1) is 14.2. The number of sulfonamides is 1. The molecule has 1 aliphatic heterocycles. The van der Waals surface area contributed by atoms with Crippen molar-refractivity contribution in [1.29, 1.82) is 0 Å². The molecule has 0 saturated carbocycles. The first-order valence-corrected chi connectivity index (χ1v) is 11.9. The van der Waals surface area contributed by atoms with Crippen molar-refractivity contribution >= 4 is 39.0 Å². The topological polar surface area (TPSA) is 77.9 Å². The van der Waals surface area contributed by atoms with Crippen LogP contribution in [-0.2, 0) is 14.8 Å². The standard InChI is InChI=1S/C22H27ClN2O4S/c1-16(2)15-25(21-6-4-3-5-20(21)23)30(28,29)19-9-7-18(8-10-19)24-13-11-17(12-14-24)22(26)27/h3-10,16-17H,11-15H2,1-2H3,(H,26,27). The van der Waals surface area contributed by atoms with Crippen LogP contribution in [0.2, 0.25) is 5.02 Å². The van der Waals surface area contributed by atoms with E-state index in [1.54, 1.807) is 48.5 Å². The summed E-state index contributed by atoms with van der Waals surface area (Å²) in [6, 6.07) is 13.7. The molecule has 30 heavy (non-hydrogen) atoms. The molecule has 1 heterocycles. The van der Waals surface area contributed by atoms with Crippen molar-refractivity contribution in [2.75, 3.05) is 28.8 Å². The Kier molecular flexibility index (Phi) is 6.93. The third-order valence-electron chi connectivity index (χ3n) is 5.29. The SMILES string of the molecule is CC(C)CN(c1ccccc1Cl)S(=O)(=O)c1ccc(N2CCC(C(=O)O)CC2)cc1. The summed E-state index contributed by atoms with van der Waals surface area (Å²) in [5.74, 6) is -0.937. The molecule has 0 aromatic heterocycles. The van der Waals surface area contributed by atoms with Crippen LogP contribution in [0.25, 0.3) is 0 Å². The highest BCUT2D eigenvalue weighted by Gasteiger charge is 2.28. The molecular formula is C22H27ClN2O4S. The van der Waals surface area contributed by atoms with Gasteiger partial charge in [0.15, 0.2) is 0 Å². The van der Waals surface area contributed by atoms with Crippen molar-refractivity contribution in [2.24, 2.45) is 11.8 Å². The molecule has 1 N–H and O–H groups in total. The summed E-state index contributed by atoms with van der Waals surface area (Å²) in [6.45, 7) is 5.52. The fourth-order valence-electron chi connectivity index (χ4n) is 3.65. The Hall–Kier alpha value is -2.25. The van der Waals surface area contributed by atoms with Gasteiger partial charge in [-0.05, 0) is 55.2 Å². The highest BCUT2D eigenvalue weighted by atomic mass is 35.5. The molecule has 0 unspecified atom stereocenters. The zero-order valence-electron chi connectivity index (χ0n) is 17.2. The van der Waals surface area contributed by atoms with E-state index in [2.05, 4.69) is 4.90 Å². The molecule has 1 aliphatic rings. The van der Waals surface area contributed by atoms with E-state index >= 15 is 0 Å². The minimum Gasteiger partial charge on any atom is -0.481 e. The molecule has 0 amide bonds. The minimum absolute atomic E-state index is 0.117. The second kappa shape index (κ2) is 9.27. The lowest BCUT2D eigenvalue weighted by Crippen LogP contribution is -2.36. The Bertz CT molecular complexity index is 984. The number of halogens is 1. The zero-order valence-corrected chi connectivity index (χ0v) is 18.7. The number of anilines is 2. The number of nitrogens with zero attached hydrogens (tertiary/aromatic N) is 2. The highest BCUT2D eigenvalue weighted by molar-refractivity contribution is 7.92. The number of hydrogen-bond donors (Lipinski definition) is 1. The summed E-state index contributed by atoms with van der Waals surface area (Å²) in [7, 11) is -3.79. The maximum Gasteiger partial charge on any atom is 0.306 e. The third-order valence-corrected chi connectivity index (χ3v) is 7.40. The molecule has 2 aromatic carbocycles. The van der Waals surface area contributed by atoms with Gasteiger partial charge in [0.2, 0.25) is 0 Å². The van der Waals surface area contributed by atoms with E-state index in [0.717, 1.165) is 5.69 Å². The Balaban J connectivity index is 1.84. The first-order valence-electron chi connectivity index (χ1n) is 10.0. The molecule has 1 saturated heterocycles. The minimum atomic E-state index is -3.79. The van der Waals surface area contributed by atoms with Crippen molar-refractivity contribution in [3.63, 3.8) is 0 Å². The average Bonchev–Trinajstić information content (AvgIpc) is 2.72. The Morgan fingerprint density at radius 3 is 2.27 bits per heavy atom. The Morgan fingerprint density at radius 1 is 1.13 bits per heavy atom. The summed E-state index contributed by atoms with van der Waals surface area (Å²) in [6.07, 6.45) is 1.17. The smallest absolute Gasteiger partial charge is 0.306 e. The molecule has 0 atom stereocenters. The van der Waals surface area contributed by atoms with E-state index in [-0.39, 0.29) is 16.7 Å². The van der Waals surface area contributed by atoms with E-state index in [4.69, 9.17) is 16.7 Å². The largest absolute Gasteiger partial charge is 0.481 e. The second-order valence-electron chi connectivity index (χ2n) is 7.97. The van der Waals surface area contributed by atoms with Crippen LogP contribution in [-0.4, -0.2) is 39.1 Å². The van der Waals surface area contributed by atoms with E-state index in [1.165, 1.54) is 4.31 Å². The molecule has 8 heteroatoms. The van der Waals surface area contributed by atoms with Gasteiger partial charge >= 0.3 is 5.97 Å². The number of carboxylic acids is 1. The maximum atomic E-state index is 13.4. The molecule has 3 rings (SSSR count). The number of piperidine rings is 1. The fraction of sp³-hybridized carbons (Fsp3) is 0.409. The molecule has 0 bridgehead atoms. The van der Waals surface area contributed by atoms with Crippen molar-refractivity contribution in [2.45, 2.75) is 31.6 Å². The Labute approximate surface area is 183 Å². The molecule has 1 fully saturated rings. The lowest BCUT2D eigenvalue weighted by atomic mass is 9.97. The number of rotatable bonds is 7. The number of carbonyl (C=O) groups is 1. The fourth-order valence-corrected chi connectivity index (χ4v) is 5.59. The van der Waals surface area contributed by atoms with Crippen LogP contribution in [0.1, 0.15) is 26.7 Å². The first kappa shape index (κ1) is 22.4. The number of carboxylic acid groups (broad SMARTS) is 1. The van der Waals surface area contributed by atoms with Crippen LogP contribution in [0, 0.1) is 11.8 Å². The molecule has 6 nitrogen and oxygen atoms in total. The van der Waals surface area contributed by atoms with Gasteiger partial charge in [-0.3, -0.25) is 9.10 Å². The number of hydrogen-bond acceptors (Lipinski definition) is 4. The van der Waals surface area contributed by atoms with Gasteiger partial charge in [0, 0.05) is 25.3 Å². The van der Waals surface area contributed by atoms with Crippen molar-refractivity contribution in [3.05, 3.63) is 53.6 Å². The van der Waals surface area contributed by atoms with Crippen molar-refractivity contribution in [1.82, 2.24) is 0 Å². The van der Waals surface area contributed by atoms with E-state index in [1.807, 2.05) is 13.8 Å². The van der Waals surface area contributed by atoms with Crippen molar-refractivity contribution < 1.29 is 18.3 Å². The summed E-state index contributed by atoms with van der Waals surface area (Å²) < 4.78 is 28.2. The van der Waals surface area contributed by atoms with Gasteiger partial charge in [-0.2, -0.15) is 0 Å². The lowest BCUT2D eigenvalue weighted by Gasteiger charge is -2.32. The Morgan fingerprint density at radius 2 is 1.73 bits per heavy atom. The van der Waals surface area contributed by atoms with Crippen molar-refractivity contribution in [3.8, 4) is 0 Å². The normalized spacial score (nSPS) is 15.4. The number of aliphatic carboxylic acids is 1. The number of benzene rings is 2. The zero-order chi connectivity index (χ0) is 21.9. The van der Waals surface area contributed by atoms with Crippen LogP contribution in [0.15, 0.2) is 53.4 Å². The lowest BCUT2D eigenvalue weighted by molar-refractivity contribution is -0.142.